The van der Waals surface area contributed by atoms with Crippen LogP contribution in [0.3, 0.4) is 0 Å². The van der Waals surface area contributed by atoms with Crippen LogP contribution in [0.1, 0.15) is 12.8 Å². The minimum absolute atomic E-state index is 0.276. The third-order valence-corrected chi connectivity index (χ3v) is 5.16. The standard InChI is InChI=1S/C19H18F7NO6/c20-17(21)18(22,23)6-31-9-3-8(4-10(5-9)32-7-19(24,25)26)27-15(28)13-11-1-2-12(33-11)14(13)16(29)30/h3-5,11-14,17H,1-2,6-7H2,(H,27,28)(H,29,30)/t11-,12+,13+,14+/m1/s1. The molecule has 0 unspecified atom stereocenters. The Morgan fingerprint density at radius 3 is 2.06 bits per heavy atom. The zero-order chi connectivity index (χ0) is 24.6. The van der Waals surface area contributed by atoms with Crippen LogP contribution in [0.5, 0.6) is 11.5 Å². The van der Waals surface area contributed by atoms with Crippen LogP contribution in [-0.4, -0.2) is 60.9 Å². The second-order valence-corrected chi connectivity index (χ2v) is 7.62. The summed E-state index contributed by atoms with van der Waals surface area (Å²) in [5.41, 5.74) is -0.276. The highest BCUT2D eigenvalue weighted by Crippen LogP contribution is 2.44. The average molecular weight is 489 g/mol. The molecule has 2 fully saturated rings. The van der Waals surface area contributed by atoms with Gasteiger partial charge in [-0.15, -0.1) is 0 Å². The lowest BCUT2D eigenvalue weighted by molar-refractivity contribution is -0.153. The fourth-order valence-corrected chi connectivity index (χ4v) is 3.77. The number of anilines is 1. The first-order chi connectivity index (χ1) is 15.3. The highest BCUT2D eigenvalue weighted by atomic mass is 19.4. The van der Waals surface area contributed by atoms with Crippen LogP contribution in [0.4, 0.5) is 36.4 Å². The number of carbonyl (C=O) groups excluding carboxylic acids is 1. The first-order valence-corrected chi connectivity index (χ1v) is 9.59. The minimum atomic E-state index is -4.75. The van der Waals surface area contributed by atoms with Gasteiger partial charge in [-0.3, -0.25) is 9.59 Å². The quantitative estimate of drug-likeness (QED) is 0.514. The predicted molar refractivity (Wildman–Crippen MR) is 95.6 cm³/mol. The molecule has 33 heavy (non-hydrogen) atoms. The molecule has 2 N–H and O–H groups in total. The molecule has 7 nitrogen and oxygen atoms in total. The molecule has 2 aliphatic heterocycles. The summed E-state index contributed by atoms with van der Waals surface area (Å²) in [5, 5.41) is 11.7. The van der Waals surface area contributed by atoms with Crippen LogP contribution in [0.2, 0.25) is 0 Å². The van der Waals surface area contributed by atoms with Crippen molar-refractivity contribution in [3.63, 3.8) is 0 Å². The Labute approximate surface area is 181 Å². The minimum Gasteiger partial charge on any atom is -0.487 e. The summed E-state index contributed by atoms with van der Waals surface area (Å²) in [7, 11) is 0. The molecule has 1 aromatic carbocycles. The summed E-state index contributed by atoms with van der Waals surface area (Å²) < 4.78 is 103. The maximum absolute atomic E-state index is 13.2. The van der Waals surface area contributed by atoms with E-state index in [1.807, 2.05) is 0 Å². The van der Waals surface area contributed by atoms with Gasteiger partial charge in [0.2, 0.25) is 5.91 Å². The van der Waals surface area contributed by atoms with Gasteiger partial charge >= 0.3 is 24.5 Å². The normalized spacial score (nSPS) is 24.7. The number of benzene rings is 1. The Morgan fingerprint density at radius 2 is 1.55 bits per heavy atom. The van der Waals surface area contributed by atoms with Crippen molar-refractivity contribution in [3.05, 3.63) is 18.2 Å². The van der Waals surface area contributed by atoms with Crippen LogP contribution in [-0.2, 0) is 14.3 Å². The van der Waals surface area contributed by atoms with Crippen LogP contribution in [0.25, 0.3) is 0 Å². The lowest BCUT2D eigenvalue weighted by atomic mass is 9.78. The number of rotatable bonds is 9. The maximum atomic E-state index is 13.2. The Balaban J connectivity index is 1.80. The van der Waals surface area contributed by atoms with Gasteiger partial charge < -0.3 is 24.6 Å². The smallest absolute Gasteiger partial charge is 0.422 e. The Morgan fingerprint density at radius 1 is 1.00 bits per heavy atom. The molecule has 2 heterocycles. The van der Waals surface area contributed by atoms with Gasteiger partial charge in [0.15, 0.2) is 13.2 Å². The van der Waals surface area contributed by atoms with E-state index in [0.29, 0.717) is 12.8 Å². The molecule has 0 aromatic heterocycles. The van der Waals surface area contributed by atoms with Gasteiger partial charge in [0.25, 0.3) is 0 Å². The number of fused-ring (bicyclic) bond motifs is 2. The molecule has 4 atom stereocenters. The molecular formula is C19H18F7NO6. The molecule has 3 rings (SSSR count). The number of alkyl halides is 7. The monoisotopic (exact) mass is 489 g/mol. The molecule has 1 amide bonds. The van der Waals surface area contributed by atoms with Crippen molar-refractivity contribution < 1.29 is 59.6 Å². The van der Waals surface area contributed by atoms with E-state index in [1.165, 1.54) is 0 Å². The molecule has 0 saturated carbocycles. The van der Waals surface area contributed by atoms with E-state index in [1.54, 1.807) is 0 Å². The molecule has 0 radical (unpaired) electrons. The van der Waals surface area contributed by atoms with Gasteiger partial charge in [0.05, 0.1) is 24.0 Å². The Kier molecular flexibility index (Phi) is 6.96. The highest BCUT2D eigenvalue weighted by Gasteiger charge is 2.55. The molecule has 2 aliphatic rings. The molecule has 184 valence electrons. The van der Waals surface area contributed by atoms with E-state index in [-0.39, 0.29) is 5.69 Å². The van der Waals surface area contributed by atoms with Gasteiger partial charge in [-0.1, -0.05) is 0 Å². The van der Waals surface area contributed by atoms with Crippen molar-refractivity contribution in [1.29, 1.82) is 0 Å². The number of carboxylic acids is 1. The zero-order valence-electron chi connectivity index (χ0n) is 16.6. The molecule has 14 heteroatoms. The fraction of sp³-hybridized carbons (Fsp3) is 0.579. The van der Waals surface area contributed by atoms with E-state index < -0.39 is 79.2 Å². The lowest BCUT2D eigenvalue weighted by Gasteiger charge is -2.24. The van der Waals surface area contributed by atoms with Crippen LogP contribution >= 0.6 is 0 Å². The topological polar surface area (TPSA) is 94.1 Å². The number of carbonyl (C=O) groups is 2. The molecule has 2 saturated heterocycles. The lowest BCUT2D eigenvalue weighted by Crippen LogP contribution is -2.40. The van der Waals surface area contributed by atoms with Crippen molar-refractivity contribution >= 4 is 17.6 Å². The summed E-state index contributed by atoms with van der Waals surface area (Å²) in [6.07, 6.45) is -9.27. The van der Waals surface area contributed by atoms with Gasteiger partial charge in [0, 0.05) is 23.9 Å². The SMILES string of the molecule is O=C(O)[C@@H]1[C@@H](C(=O)Nc2cc(OCC(F)(F)F)cc(OCC(F)(F)C(F)F)c2)[C@H]2CC[C@@H]1O2. The van der Waals surface area contributed by atoms with E-state index in [0.717, 1.165) is 18.2 Å². The first kappa shape index (κ1) is 24.9. The van der Waals surface area contributed by atoms with E-state index in [4.69, 9.17) is 4.74 Å². The first-order valence-electron chi connectivity index (χ1n) is 9.59. The third-order valence-electron chi connectivity index (χ3n) is 5.16. The maximum Gasteiger partial charge on any atom is 0.422 e. The number of hydrogen-bond donors (Lipinski definition) is 2. The predicted octanol–water partition coefficient (Wildman–Crippen LogP) is 3.72. The molecule has 0 aliphatic carbocycles. The van der Waals surface area contributed by atoms with Gasteiger partial charge in [-0.2, -0.15) is 22.0 Å². The van der Waals surface area contributed by atoms with Gasteiger partial charge in [0.1, 0.15) is 11.5 Å². The number of carboxylic acid groups (broad SMARTS) is 1. The summed E-state index contributed by atoms with van der Waals surface area (Å²) in [4.78, 5) is 24.3. The highest BCUT2D eigenvalue weighted by molar-refractivity contribution is 5.96. The second-order valence-electron chi connectivity index (χ2n) is 7.62. The number of amides is 1. The average Bonchev–Trinajstić information content (AvgIpc) is 3.32. The van der Waals surface area contributed by atoms with E-state index in [2.05, 4.69) is 14.8 Å². The van der Waals surface area contributed by atoms with Crippen LogP contribution < -0.4 is 14.8 Å². The van der Waals surface area contributed by atoms with Crippen molar-refractivity contribution in [2.75, 3.05) is 18.5 Å². The van der Waals surface area contributed by atoms with Gasteiger partial charge in [-0.05, 0) is 12.8 Å². The summed E-state index contributed by atoms with van der Waals surface area (Å²) in [6, 6.07) is 2.58. The Hall–Kier alpha value is -2.77. The summed E-state index contributed by atoms with van der Waals surface area (Å²) >= 11 is 0. The van der Waals surface area contributed by atoms with Gasteiger partial charge in [-0.25, -0.2) is 8.78 Å². The molecule has 1 aromatic rings. The zero-order valence-corrected chi connectivity index (χ0v) is 16.6. The summed E-state index contributed by atoms with van der Waals surface area (Å²) in [5.74, 6) is -10.0. The van der Waals surface area contributed by atoms with E-state index >= 15 is 0 Å². The molecule has 0 spiro atoms. The molecular weight excluding hydrogens is 471 g/mol. The van der Waals surface area contributed by atoms with Crippen molar-refractivity contribution in [2.45, 2.75) is 43.6 Å². The summed E-state index contributed by atoms with van der Waals surface area (Å²) in [6.45, 7) is -3.56. The number of hydrogen-bond acceptors (Lipinski definition) is 5. The van der Waals surface area contributed by atoms with Crippen LogP contribution in [0, 0.1) is 11.8 Å². The number of aliphatic carboxylic acids is 1. The van der Waals surface area contributed by atoms with Crippen molar-refractivity contribution in [1.82, 2.24) is 0 Å². The number of nitrogens with one attached hydrogen (secondary N) is 1. The van der Waals surface area contributed by atoms with Crippen LogP contribution in [0.15, 0.2) is 18.2 Å². The van der Waals surface area contributed by atoms with E-state index in [9.17, 15) is 45.4 Å². The number of ether oxygens (including phenoxy) is 3. The molecule has 2 bridgehead atoms. The second kappa shape index (κ2) is 9.23. The van der Waals surface area contributed by atoms with Crippen molar-refractivity contribution in [3.8, 4) is 11.5 Å². The fourth-order valence-electron chi connectivity index (χ4n) is 3.77. The largest absolute Gasteiger partial charge is 0.487 e. The Bertz CT molecular complexity index is 894. The third kappa shape index (κ3) is 5.97. The van der Waals surface area contributed by atoms with Crippen molar-refractivity contribution in [2.24, 2.45) is 11.8 Å². The number of halogens is 7.